The molecule has 0 radical (unpaired) electrons. The van der Waals surface area contributed by atoms with Gasteiger partial charge in [0, 0.05) is 13.0 Å². The van der Waals surface area contributed by atoms with Crippen LogP contribution >= 0.6 is 15.1 Å². The Bertz CT molecular complexity index is 972. The molecule has 0 aliphatic carbocycles. The highest BCUT2D eigenvalue weighted by atomic mass is 31.2. The van der Waals surface area contributed by atoms with Gasteiger partial charge in [-0.1, -0.05) is 36.4 Å². The van der Waals surface area contributed by atoms with Gasteiger partial charge in [-0.3, -0.25) is 18.4 Å². The van der Waals surface area contributed by atoms with E-state index in [0.717, 1.165) is 0 Å². The molecule has 0 unspecified atom stereocenters. The number of hydrogen-bond donors (Lipinski definition) is 1. The lowest BCUT2D eigenvalue weighted by Gasteiger charge is -2.33. The van der Waals surface area contributed by atoms with Crippen molar-refractivity contribution in [3.05, 3.63) is 60.7 Å². The lowest BCUT2D eigenvalue weighted by Crippen LogP contribution is -2.38. The van der Waals surface area contributed by atoms with E-state index >= 15 is 0 Å². The maximum Gasteiger partial charge on any atom is 0.409 e. The van der Waals surface area contributed by atoms with Gasteiger partial charge in [0.25, 0.3) is 0 Å². The van der Waals surface area contributed by atoms with Crippen LogP contribution in [0.15, 0.2) is 60.7 Å². The van der Waals surface area contributed by atoms with Crippen LogP contribution in [0.5, 0.6) is 0 Å². The molecule has 10 heteroatoms. The monoisotopic (exact) mass is 495 g/mol. The van der Waals surface area contributed by atoms with Gasteiger partial charge in [0.2, 0.25) is 0 Å². The molecule has 0 amide bonds. The molecule has 180 valence electrons. The summed E-state index contributed by atoms with van der Waals surface area (Å²) < 4.78 is 46.0. The van der Waals surface area contributed by atoms with E-state index in [2.05, 4.69) is 0 Å². The maximum atomic E-state index is 14.1. The molecule has 1 saturated heterocycles. The van der Waals surface area contributed by atoms with Crippen molar-refractivity contribution >= 4 is 31.7 Å². The van der Waals surface area contributed by atoms with E-state index in [1.165, 1.54) is 4.67 Å². The molecule has 8 nitrogen and oxygen atoms in total. The Labute approximate surface area is 194 Å². The molecule has 33 heavy (non-hydrogen) atoms. The highest BCUT2D eigenvalue weighted by Gasteiger charge is 2.50. The minimum absolute atomic E-state index is 0.0463. The van der Waals surface area contributed by atoms with Gasteiger partial charge in [-0.2, -0.15) is 4.67 Å². The Morgan fingerprint density at radius 3 is 1.79 bits per heavy atom. The summed E-state index contributed by atoms with van der Waals surface area (Å²) in [5, 5.41) is 11.0. The van der Waals surface area contributed by atoms with Crippen LogP contribution < -0.4 is 10.6 Å². The first-order valence-corrected chi connectivity index (χ1v) is 14.0. The van der Waals surface area contributed by atoms with Gasteiger partial charge in [-0.15, -0.1) is 0 Å². The van der Waals surface area contributed by atoms with E-state index in [9.17, 15) is 19.0 Å². The number of rotatable bonds is 9. The molecule has 0 bridgehead atoms. The normalized spacial score (nSPS) is 19.8. The fourth-order valence-electron chi connectivity index (χ4n) is 3.65. The number of aliphatic hydroxyl groups excluding tert-OH is 1. The summed E-state index contributed by atoms with van der Waals surface area (Å²) in [4.78, 5) is 13.4. The van der Waals surface area contributed by atoms with E-state index in [-0.39, 0.29) is 13.0 Å². The number of carbonyl (C=O) groups excluding carboxylic acids is 1. The van der Waals surface area contributed by atoms with Crippen molar-refractivity contribution in [1.82, 2.24) is 4.67 Å². The van der Waals surface area contributed by atoms with Crippen LogP contribution in [0, 0.1) is 0 Å². The van der Waals surface area contributed by atoms with Crippen molar-refractivity contribution < 1.29 is 32.6 Å². The van der Waals surface area contributed by atoms with Crippen LogP contribution in [0.2, 0.25) is 0 Å². The van der Waals surface area contributed by atoms with Crippen molar-refractivity contribution in [2.45, 2.75) is 58.5 Å². The van der Waals surface area contributed by atoms with Crippen molar-refractivity contribution in [2.24, 2.45) is 0 Å². The van der Waals surface area contributed by atoms with Gasteiger partial charge in [0.15, 0.2) is 0 Å². The van der Waals surface area contributed by atoms with Gasteiger partial charge in [0.1, 0.15) is 6.04 Å². The Kier molecular flexibility index (Phi) is 8.33. The minimum Gasteiger partial charge on any atom is -0.404 e. The number of benzene rings is 2. The average Bonchev–Trinajstić information content (AvgIpc) is 3.16. The van der Waals surface area contributed by atoms with E-state index in [4.69, 9.17) is 13.6 Å². The van der Waals surface area contributed by atoms with Gasteiger partial charge in [0.05, 0.1) is 28.9 Å². The highest BCUT2D eigenvalue weighted by molar-refractivity contribution is 7.74. The second-order valence-electron chi connectivity index (χ2n) is 8.44. The Morgan fingerprint density at radius 1 is 0.909 bits per heavy atom. The quantitative estimate of drug-likeness (QED) is 0.524. The smallest absolute Gasteiger partial charge is 0.404 e. The minimum atomic E-state index is -3.95. The zero-order valence-corrected chi connectivity index (χ0v) is 21.0. The zero-order chi connectivity index (χ0) is 24.2. The number of aliphatic hydroxyl groups is 1. The van der Waals surface area contributed by atoms with Gasteiger partial charge in [-0.25, -0.2) is 4.57 Å². The largest absolute Gasteiger partial charge is 0.409 e. The summed E-state index contributed by atoms with van der Waals surface area (Å²) in [7, 11) is -7.77. The number of β-amino-alcohol motifs (C(OH)–C–C–N with tert-alkyl or cyclic N) is 1. The molecule has 1 fully saturated rings. The molecule has 1 N–H and O–H groups in total. The summed E-state index contributed by atoms with van der Waals surface area (Å²) in [5.41, 5.74) is 0. The third-order valence-corrected chi connectivity index (χ3v) is 9.78. The van der Waals surface area contributed by atoms with E-state index in [1.807, 2.05) is 0 Å². The third-order valence-electron chi connectivity index (χ3n) is 4.94. The van der Waals surface area contributed by atoms with Crippen LogP contribution in [0.1, 0.15) is 34.1 Å². The summed E-state index contributed by atoms with van der Waals surface area (Å²) >= 11 is 0. The summed E-state index contributed by atoms with van der Waals surface area (Å²) in [6.45, 7) is 6.71. The number of nitrogens with zero attached hydrogens (tertiary/aromatic N) is 1. The molecule has 0 saturated carbocycles. The topological polar surface area (TPSA) is 102 Å². The number of hydrogen-bond acceptors (Lipinski definition) is 7. The van der Waals surface area contributed by atoms with E-state index in [0.29, 0.717) is 10.6 Å². The fraction of sp³-hybridized carbons (Fsp3) is 0.435. The van der Waals surface area contributed by atoms with Crippen LogP contribution in [0.3, 0.4) is 0 Å². The summed E-state index contributed by atoms with van der Waals surface area (Å²) in [5.74, 6) is -0.859. The second kappa shape index (κ2) is 10.6. The standard InChI is InChI=1S/C23H31NO7P2/c1-17(2)29-33(28,30-18(3)4)24-16-19(25)15-22(24)23(26)31-32(27,20-11-7-5-8-12-20)21-13-9-6-10-14-21/h5-14,17-19,22,25H,15-16H2,1-4H3/t19-,22+/m1/s1. The first kappa shape index (κ1) is 25.8. The van der Waals surface area contributed by atoms with Crippen LogP contribution in [0.25, 0.3) is 0 Å². The molecule has 1 heterocycles. The zero-order valence-electron chi connectivity index (χ0n) is 19.2. The molecule has 0 aromatic heterocycles. The molecule has 2 aromatic carbocycles. The van der Waals surface area contributed by atoms with Crippen LogP contribution in [-0.2, 0) is 27.5 Å². The average molecular weight is 495 g/mol. The molecular formula is C23H31NO7P2. The Balaban J connectivity index is 1.97. The van der Waals surface area contributed by atoms with E-state index < -0.39 is 45.4 Å². The van der Waals surface area contributed by atoms with Crippen LogP contribution in [-0.4, -0.2) is 46.6 Å². The van der Waals surface area contributed by atoms with Gasteiger partial charge >= 0.3 is 21.1 Å². The predicted octanol–water partition coefficient (Wildman–Crippen LogP) is 3.85. The van der Waals surface area contributed by atoms with Crippen molar-refractivity contribution in [3.8, 4) is 0 Å². The first-order valence-electron chi connectivity index (χ1n) is 10.9. The van der Waals surface area contributed by atoms with Crippen molar-refractivity contribution in [2.75, 3.05) is 6.54 Å². The fourth-order valence-corrected chi connectivity index (χ4v) is 7.94. The number of carbonyl (C=O) groups is 1. The van der Waals surface area contributed by atoms with Crippen molar-refractivity contribution in [1.29, 1.82) is 0 Å². The lowest BCUT2D eigenvalue weighted by atomic mass is 10.2. The SMILES string of the molecule is CC(C)OP(=O)(OC(C)C)N1C[C@H](O)C[C@H]1C(=O)OP(=O)(c1ccccc1)c1ccccc1. The van der Waals surface area contributed by atoms with E-state index in [1.54, 1.807) is 88.4 Å². The summed E-state index contributed by atoms with van der Waals surface area (Å²) in [6, 6.07) is 15.8. The molecule has 3 rings (SSSR count). The first-order chi connectivity index (χ1) is 15.5. The van der Waals surface area contributed by atoms with Crippen molar-refractivity contribution in [3.63, 3.8) is 0 Å². The maximum absolute atomic E-state index is 14.1. The second-order valence-corrected chi connectivity index (χ2v) is 12.6. The summed E-state index contributed by atoms with van der Waals surface area (Å²) in [6.07, 6.45) is -1.90. The third kappa shape index (κ3) is 6.02. The molecular weight excluding hydrogens is 464 g/mol. The van der Waals surface area contributed by atoms with Gasteiger partial charge in [-0.05, 0) is 52.0 Å². The Morgan fingerprint density at radius 2 is 1.36 bits per heavy atom. The highest BCUT2D eigenvalue weighted by Crippen LogP contribution is 2.58. The Hall–Kier alpha value is -1.79. The van der Waals surface area contributed by atoms with Crippen LogP contribution in [0.4, 0.5) is 0 Å². The predicted molar refractivity (Wildman–Crippen MR) is 127 cm³/mol. The molecule has 1 aliphatic heterocycles. The molecule has 1 aliphatic rings. The molecule has 2 aromatic rings. The molecule has 0 spiro atoms. The molecule has 2 atom stereocenters. The van der Waals surface area contributed by atoms with Gasteiger partial charge < -0.3 is 9.63 Å². The lowest BCUT2D eigenvalue weighted by molar-refractivity contribution is -0.138.